The van der Waals surface area contributed by atoms with Crippen molar-refractivity contribution in [2.24, 2.45) is 5.73 Å². The molecule has 3 aliphatic rings. The third-order valence-electron chi connectivity index (χ3n) is 9.58. The fourth-order valence-electron chi connectivity index (χ4n) is 7.61. The second kappa shape index (κ2) is 11.2. The number of thiophene rings is 1. The van der Waals surface area contributed by atoms with Gasteiger partial charge in [0.15, 0.2) is 23.1 Å². The number of nitrogens with two attached hydrogens (primary N) is 2. The van der Waals surface area contributed by atoms with Crippen LogP contribution < -0.4 is 16.2 Å². The van der Waals surface area contributed by atoms with Crippen molar-refractivity contribution in [1.29, 1.82) is 5.26 Å². The normalized spacial score (nSPS) is 23.4. The molecule has 0 bridgehead atoms. The number of nitrogens with zero attached hydrogens (tertiary/aromatic N) is 7. The minimum atomic E-state index is -0.642. The van der Waals surface area contributed by atoms with Gasteiger partial charge in [-0.15, -0.1) is 11.3 Å². The molecule has 2 aliphatic carbocycles. The molecule has 0 radical (unpaired) electrons. The number of aromatic nitrogens is 5. The van der Waals surface area contributed by atoms with Gasteiger partial charge in [-0.3, -0.25) is 9.69 Å². The van der Waals surface area contributed by atoms with Gasteiger partial charge < -0.3 is 25.5 Å². The highest BCUT2D eigenvalue weighted by Crippen LogP contribution is 2.55. The van der Waals surface area contributed by atoms with Gasteiger partial charge in [0, 0.05) is 36.4 Å². The number of ether oxygens (including phenoxy) is 2. The first-order chi connectivity index (χ1) is 21.7. The van der Waals surface area contributed by atoms with Gasteiger partial charge in [0.25, 0.3) is 5.91 Å². The number of hydrogen-bond donors (Lipinski definition) is 2. The van der Waals surface area contributed by atoms with Crippen LogP contribution in [0.15, 0.2) is 22.9 Å². The first kappa shape index (κ1) is 29.4. The van der Waals surface area contributed by atoms with Crippen LogP contribution >= 0.6 is 11.3 Å². The van der Waals surface area contributed by atoms with E-state index < -0.39 is 11.3 Å². The molecule has 1 aliphatic heterocycles. The Hall–Kier alpha value is -4.32. The maximum Gasteiger partial charge on any atom is 0.269 e. The number of carbonyl (C=O) groups is 1. The number of primary amides is 1. The van der Waals surface area contributed by atoms with E-state index in [4.69, 9.17) is 35.4 Å². The molecule has 14 heteroatoms. The lowest BCUT2D eigenvalue weighted by Gasteiger charge is -2.39. The smallest absolute Gasteiger partial charge is 0.269 e. The molecule has 1 amide bonds. The quantitative estimate of drug-likeness (QED) is 0.305. The van der Waals surface area contributed by atoms with Crippen LogP contribution in [-0.2, 0) is 23.0 Å². The van der Waals surface area contributed by atoms with E-state index in [2.05, 4.69) is 28.3 Å². The number of aryl methyl sites for hydroxylation is 1. The standard InChI is InChI=1S/C31H35N9O4S/c1-16(26-20(42-3)9-12-39(26)2)43-23-14-22(40-13-8-19(37-40)28(33)41)35-30(36-23)25-17-6-4-10-31(27(17)44-38-25)11-5-7-21-24(31)18(15-32)29(34)45-21/h8,13-14,16,20,26H,4-7,9-12,34H2,1-3H3,(H2,33,41)/t16-,20-,26+,31-/m0/s1. The van der Waals surface area contributed by atoms with Crippen molar-refractivity contribution in [3.63, 3.8) is 0 Å². The van der Waals surface area contributed by atoms with Crippen molar-refractivity contribution >= 4 is 22.2 Å². The average Bonchev–Trinajstić information content (AvgIpc) is 3.82. The van der Waals surface area contributed by atoms with Crippen molar-refractivity contribution < 1.29 is 18.8 Å². The highest BCUT2D eigenvalue weighted by atomic mass is 32.1. The maximum atomic E-state index is 11.8. The summed E-state index contributed by atoms with van der Waals surface area (Å²) in [4.78, 5) is 24.9. The lowest BCUT2D eigenvalue weighted by Crippen LogP contribution is -2.44. The Morgan fingerprint density at radius 1 is 1.29 bits per heavy atom. The van der Waals surface area contributed by atoms with E-state index in [9.17, 15) is 10.1 Å². The maximum absolute atomic E-state index is 11.8. The van der Waals surface area contributed by atoms with E-state index in [0.717, 1.165) is 73.3 Å². The first-order valence-corrected chi connectivity index (χ1v) is 16.0. The van der Waals surface area contributed by atoms with E-state index in [1.54, 1.807) is 19.4 Å². The molecule has 1 fully saturated rings. The van der Waals surface area contributed by atoms with Crippen molar-refractivity contribution in [3.8, 4) is 29.3 Å². The largest absolute Gasteiger partial charge is 0.473 e. The molecule has 1 saturated heterocycles. The summed E-state index contributed by atoms with van der Waals surface area (Å²) in [6.07, 6.45) is 7.45. The van der Waals surface area contributed by atoms with Gasteiger partial charge in [-0.1, -0.05) is 5.16 Å². The number of fused-ring (bicyclic) bond motifs is 4. The topological polar surface area (TPSA) is 184 Å². The second-order valence-corrected chi connectivity index (χ2v) is 13.3. The lowest BCUT2D eigenvalue weighted by molar-refractivity contribution is 0.0174. The Morgan fingerprint density at radius 2 is 2.09 bits per heavy atom. The minimum absolute atomic E-state index is 0.0237. The van der Waals surface area contributed by atoms with Crippen LogP contribution in [0.2, 0.25) is 0 Å². The highest BCUT2D eigenvalue weighted by molar-refractivity contribution is 7.16. The van der Waals surface area contributed by atoms with E-state index in [0.29, 0.717) is 33.8 Å². The number of nitriles is 1. The zero-order valence-corrected chi connectivity index (χ0v) is 26.3. The Morgan fingerprint density at radius 3 is 2.82 bits per heavy atom. The molecule has 0 aromatic carbocycles. The first-order valence-electron chi connectivity index (χ1n) is 15.2. The van der Waals surface area contributed by atoms with E-state index in [1.165, 1.54) is 22.1 Å². The van der Waals surface area contributed by atoms with Crippen molar-refractivity contribution in [2.75, 3.05) is 26.4 Å². The fraction of sp³-hybridized carbons (Fsp3) is 0.484. The van der Waals surface area contributed by atoms with Crippen molar-refractivity contribution in [1.82, 2.24) is 29.8 Å². The van der Waals surface area contributed by atoms with Gasteiger partial charge in [-0.05, 0) is 70.5 Å². The van der Waals surface area contributed by atoms with E-state index in [1.807, 2.05) is 6.92 Å². The lowest BCUT2D eigenvalue weighted by atomic mass is 9.63. The molecule has 5 heterocycles. The fourth-order valence-corrected chi connectivity index (χ4v) is 8.77. The minimum Gasteiger partial charge on any atom is -0.473 e. The molecule has 7 rings (SSSR count). The van der Waals surface area contributed by atoms with Gasteiger partial charge in [0.1, 0.15) is 22.9 Å². The second-order valence-electron chi connectivity index (χ2n) is 12.1. The van der Waals surface area contributed by atoms with E-state index in [-0.39, 0.29) is 23.9 Å². The number of carbonyl (C=O) groups excluding carboxylic acids is 1. The molecular weight excluding hydrogens is 594 g/mol. The number of likely N-dealkylation sites (tertiary alicyclic amines) is 1. The predicted molar refractivity (Wildman–Crippen MR) is 165 cm³/mol. The van der Waals surface area contributed by atoms with Crippen LogP contribution in [0.4, 0.5) is 5.00 Å². The van der Waals surface area contributed by atoms with Crippen LogP contribution in [0.1, 0.15) is 76.8 Å². The average molecular weight is 630 g/mol. The third kappa shape index (κ3) is 4.77. The van der Waals surface area contributed by atoms with Crippen LogP contribution in [0.5, 0.6) is 5.88 Å². The summed E-state index contributed by atoms with van der Waals surface area (Å²) in [6.45, 7) is 2.90. The molecule has 0 saturated carbocycles. The van der Waals surface area contributed by atoms with Gasteiger partial charge in [-0.2, -0.15) is 15.3 Å². The molecule has 4 aromatic heterocycles. The summed E-state index contributed by atoms with van der Waals surface area (Å²) >= 11 is 1.51. The van der Waals surface area contributed by atoms with Crippen molar-refractivity contribution in [2.45, 2.75) is 75.5 Å². The summed E-state index contributed by atoms with van der Waals surface area (Å²) in [5.41, 5.74) is 14.4. The Labute approximate surface area is 264 Å². The summed E-state index contributed by atoms with van der Waals surface area (Å²) in [5.74, 6) is 1.15. The number of nitrogen functional groups attached to an aromatic ring is 1. The summed E-state index contributed by atoms with van der Waals surface area (Å²) in [6, 6.07) is 5.61. The molecular formula is C31H35N9O4S. The highest BCUT2D eigenvalue weighted by Gasteiger charge is 2.49. The SMILES string of the molecule is CO[C@H]1CCN(C)[C@@H]1[C@H](C)Oc1cc(-n2ccc(C(N)=O)n2)nc(-c2noc3c2CCC[C@@]32CCCc3sc(N)c(C#N)c32)n1. The van der Waals surface area contributed by atoms with Crippen LogP contribution in [-0.4, -0.2) is 74.7 Å². The number of methoxy groups -OCH3 is 1. The molecule has 45 heavy (non-hydrogen) atoms. The predicted octanol–water partition coefficient (Wildman–Crippen LogP) is 3.38. The van der Waals surface area contributed by atoms with Gasteiger partial charge in [-0.25, -0.2) is 9.67 Å². The Kier molecular flexibility index (Phi) is 7.34. The van der Waals surface area contributed by atoms with Crippen molar-refractivity contribution in [3.05, 3.63) is 51.4 Å². The zero-order chi connectivity index (χ0) is 31.5. The van der Waals surface area contributed by atoms with Gasteiger partial charge in [0.2, 0.25) is 5.88 Å². The van der Waals surface area contributed by atoms with Gasteiger partial charge >= 0.3 is 0 Å². The number of likely N-dealkylation sites (N-methyl/N-ethyl adjacent to an activating group) is 1. The van der Waals surface area contributed by atoms with Gasteiger partial charge in [0.05, 0.1) is 23.1 Å². The molecule has 0 unspecified atom stereocenters. The van der Waals surface area contributed by atoms with Crippen LogP contribution in [0, 0.1) is 11.3 Å². The molecule has 1 spiro atoms. The molecule has 4 atom stereocenters. The molecule has 4 N–H and O–H groups in total. The summed E-state index contributed by atoms with van der Waals surface area (Å²) in [7, 11) is 3.78. The number of hydrogen-bond acceptors (Lipinski definition) is 12. The van der Waals surface area contributed by atoms with E-state index >= 15 is 0 Å². The number of rotatable bonds is 7. The molecule has 4 aromatic rings. The number of amides is 1. The monoisotopic (exact) mass is 629 g/mol. The zero-order valence-electron chi connectivity index (χ0n) is 25.4. The summed E-state index contributed by atoms with van der Waals surface area (Å²) < 4.78 is 19.9. The third-order valence-corrected chi connectivity index (χ3v) is 10.7. The Balaban J connectivity index is 1.33. The Bertz CT molecular complexity index is 1820. The van der Waals surface area contributed by atoms with Crippen LogP contribution in [0.25, 0.3) is 17.3 Å². The molecule has 234 valence electrons. The number of anilines is 1. The molecule has 13 nitrogen and oxygen atoms in total. The summed E-state index contributed by atoms with van der Waals surface area (Å²) in [5, 5.41) is 19.5. The van der Waals surface area contributed by atoms with Crippen LogP contribution in [0.3, 0.4) is 0 Å².